The highest BCUT2D eigenvalue weighted by molar-refractivity contribution is 5.85. The maximum absolute atomic E-state index is 11.6. The molecule has 5 heteroatoms. The number of morpholine rings is 1. The summed E-state index contributed by atoms with van der Waals surface area (Å²) in [4.78, 5) is 13.9. The SMILES string of the molecule is CC1(C)COCCN1CC(N)(C(N)=O)C1CC1. The number of hydrogen-bond acceptors (Lipinski definition) is 4. The zero-order chi connectivity index (χ0) is 12.7. The number of carbonyl (C=O) groups is 1. The van der Waals surface area contributed by atoms with Crippen LogP contribution in [0.1, 0.15) is 26.7 Å². The van der Waals surface area contributed by atoms with Gasteiger partial charge >= 0.3 is 0 Å². The molecule has 1 saturated carbocycles. The molecular formula is C12H23N3O2. The van der Waals surface area contributed by atoms with Crippen molar-refractivity contribution in [2.24, 2.45) is 17.4 Å². The van der Waals surface area contributed by atoms with Crippen LogP contribution in [0, 0.1) is 5.92 Å². The van der Waals surface area contributed by atoms with Crippen LogP contribution in [0.5, 0.6) is 0 Å². The number of nitrogens with zero attached hydrogens (tertiary/aromatic N) is 1. The lowest BCUT2D eigenvalue weighted by atomic mass is 9.90. The van der Waals surface area contributed by atoms with Crippen LogP contribution in [0.4, 0.5) is 0 Å². The van der Waals surface area contributed by atoms with Gasteiger partial charge < -0.3 is 16.2 Å². The Bertz CT molecular complexity index is 315. The van der Waals surface area contributed by atoms with E-state index in [4.69, 9.17) is 16.2 Å². The Morgan fingerprint density at radius 3 is 2.65 bits per heavy atom. The molecule has 4 N–H and O–H groups in total. The van der Waals surface area contributed by atoms with Gasteiger partial charge in [0.05, 0.1) is 13.2 Å². The van der Waals surface area contributed by atoms with Crippen molar-refractivity contribution in [3.05, 3.63) is 0 Å². The Labute approximate surface area is 102 Å². The fourth-order valence-corrected chi connectivity index (χ4v) is 2.51. The van der Waals surface area contributed by atoms with E-state index in [0.717, 1.165) is 19.4 Å². The third-order valence-corrected chi connectivity index (χ3v) is 4.03. The quantitative estimate of drug-likeness (QED) is 0.707. The largest absolute Gasteiger partial charge is 0.378 e. The first-order valence-corrected chi connectivity index (χ1v) is 6.28. The van der Waals surface area contributed by atoms with Gasteiger partial charge in [0, 0.05) is 18.6 Å². The van der Waals surface area contributed by atoms with E-state index < -0.39 is 5.54 Å². The second kappa shape index (κ2) is 4.23. The molecule has 1 aliphatic carbocycles. The Morgan fingerprint density at radius 1 is 1.53 bits per heavy atom. The van der Waals surface area contributed by atoms with Crippen molar-refractivity contribution >= 4 is 5.91 Å². The summed E-state index contributed by atoms with van der Waals surface area (Å²) in [5.74, 6) is -0.110. The Hall–Kier alpha value is -0.650. The summed E-state index contributed by atoms with van der Waals surface area (Å²) < 4.78 is 5.47. The predicted molar refractivity (Wildman–Crippen MR) is 65.3 cm³/mol. The van der Waals surface area contributed by atoms with E-state index in [1.54, 1.807) is 0 Å². The maximum Gasteiger partial charge on any atom is 0.239 e. The molecule has 1 saturated heterocycles. The molecule has 2 fully saturated rings. The number of hydrogen-bond donors (Lipinski definition) is 2. The van der Waals surface area contributed by atoms with Gasteiger partial charge in [0.1, 0.15) is 5.54 Å². The number of ether oxygens (including phenoxy) is 1. The van der Waals surface area contributed by atoms with Gasteiger partial charge in [-0.2, -0.15) is 0 Å². The van der Waals surface area contributed by atoms with Crippen molar-refractivity contribution in [3.8, 4) is 0 Å². The fourth-order valence-electron chi connectivity index (χ4n) is 2.51. The van der Waals surface area contributed by atoms with Crippen molar-refractivity contribution in [3.63, 3.8) is 0 Å². The molecule has 0 aromatic rings. The van der Waals surface area contributed by atoms with Crippen molar-refractivity contribution < 1.29 is 9.53 Å². The Balaban J connectivity index is 2.09. The fraction of sp³-hybridized carbons (Fsp3) is 0.917. The van der Waals surface area contributed by atoms with Gasteiger partial charge in [0.2, 0.25) is 5.91 Å². The molecule has 1 heterocycles. The molecule has 0 aromatic heterocycles. The van der Waals surface area contributed by atoms with E-state index in [1.807, 2.05) is 0 Å². The normalized spacial score (nSPS) is 28.6. The van der Waals surface area contributed by atoms with Crippen LogP contribution in [0.3, 0.4) is 0 Å². The lowest BCUT2D eigenvalue weighted by Gasteiger charge is -2.45. The van der Waals surface area contributed by atoms with Gasteiger partial charge in [0.15, 0.2) is 0 Å². The van der Waals surface area contributed by atoms with E-state index in [9.17, 15) is 4.79 Å². The van der Waals surface area contributed by atoms with Gasteiger partial charge in [0.25, 0.3) is 0 Å². The third kappa shape index (κ3) is 2.46. The van der Waals surface area contributed by atoms with Crippen LogP contribution in [-0.2, 0) is 9.53 Å². The third-order valence-electron chi connectivity index (χ3n) is 4.03. The van der Waals surface area contributed by atoms with Crippen LogP contribution in [-0.4, -0.2) is 48.2 Å². The van der Waals surface area contributed by atoms with Crippen LogP contribution >= 0.6 is 0 Å². The monoisotopic (exact) mass is 241 g/mol. The molecule has 1 aliphatic heterocycles. The molecular weight excluding hydrogens is 218 g/mol. The summed E-state index contributed by atoms with van der Waals surface area (Å²) in [6.45, 7) is 6.95. The summed E-state index contributed by atoms with van der Waals surface area (Å²) in [5, 5.41) is 0. The highest BCUT2D eigenvalue weighted by Gasteiger charge is 2.49. The molecule has 1 atom stereocenters. The molecule has 1 unspecified atom stereocenters. The average Bonchev–Trinajstić information content (AvgIpc) is 3.04. The predicted octanol–water partition coefficient (Wildman–Crippen LogP) is -0.310. The van der Waals surface area contributed by atoms with Crippen LogP contribution in [0.25, 0.3) is 0 Å². The van der Waals surface area contributed by atoms with Gasteiger partial charge in [-0.1, -0.05) is 0 Å². The molecule has 1 amide bonds. The molecule has 17 heavy (non-hydrogen) atoms. The van der Waals surface area contributed by atoms with Gasteiger partial charge in [-0.15, -0.1) is 0 Å². The number of nitrogens with two attached hydrogens (primary N) is 2. The number of amides is 1. The smallest absolute Gasteiger partial charge is 0.239 e. The number of primary amides is 1. The molecule has 2 rings (SSSR count). The Kier molecular flexibility index (Phi) is 3.18. The summed E-state index contributed by atoms with van der Waals surface area (Å²) in [5.41, 5.74) is 10.8. The van der Waals surface area contributed by atoms with Gasteiger partial charge in [-0.3, -0.25) is 9.69 Å². The summed E-state index contributed by atoms with van der Waals surface area (Å²) in [6, 6.07) is 0. The first-order chi connectivity index (χ1) is 7.86. The Morgan fingerprint density at radius 2 is 2.18 bits per heavy atom. The minimum absolute atomic E-state index is 0.0762. The second-order valence-corrected chi connectivity index (χ2v) is 5.97. The van der Waals surface area contributed by atoms with E-state index in [2.05, 4.69) is 18.7 Å². The lowest BCUT2D eigenvalue weighted by Crippen LogP contribution is -2.65. The molecule has 5 nitrogen and oxygen atoms in total. The van der Waals surface area contributed by atoms with E-state index >= 15 is 0 Å². The first kappa shape index (κ1) is 12.8. The highest BCUT2D eigenvalue weighted by atomic mass is 16.5. The van der Waals surface area contributed by atoms with Gasteiger partial charge in [-0.05, 0) is 32.6 Å². The maximum atomic E-state index is 11.6. The summed E-state index contributed by atoms with van der Waals surface area (Å²) in [6.07, 6.45) is 2.04. The lowest BCUT2D eigenvalue weighted by molar-refractivity contribution is -0.127. The van der Waals surface area contributed by atoms with Gasteiger partial charge in [-0.25, -0.2) is 0 Å². The minimum atomic E-state index is -0.866. The highest BCUT2D eigenvalue weighted by Crippen LogP contribution is 2.39. The number of rotatable bonds is 4. The van der Waals surface area contributed by atoms with Crippen LogP contribution in [0.2, 0.25) is 0 Å². The van der Waals surface area contributed by atoms with E-state index in [-0.39, 0.29) is 17.4 Å². The summed E-state index contributed by atoms with van der Waals surface area (Å²) >= 11 is 0. The van der Waals surface area contributed by atoms with Crippen molar-refractivity contribution in [2.45, 2.75) is 37.8 Å². The first-order valence-electron chi connectivity index (χ1n) is 6.28. The molecule has 98 valence electrons. The average molecular weight is 241 g/mol. The molecule has 2 aliphatic rings. The van der Waals surface area contributed by atoms with Crippen molar-refractivity contribution in [2.75, 3.05) is 26.3 Å². The van der Waals surface area contributed by atoms with Crippen molar-refractivity contribution in [1.82, 2.24) is 4.90 Å². The number of carbonyl (C=O) groups excluding carboxylic acids is 1. The molecule has 0 aromatic carbocycles. The minimum Gasteiger partial charge on any atom is -0.378 e. The standard InChI is InChI=1S/C12H23N3O2/c1-11(2)8-17-6-5-15(11)7-12(14,10(13)16)9-3-4-9/h9H,3-8,14H2,1-2H3,(H2,13,16). The zero-order valence-electron chi connectivity index (χ0n) is 10.7. The van der Waals surface area contributed by atoms with Crippen LogP contribution in [0.15, 0.2) is 0 Å². The topological polar surface area (TPSA) is 81.6 Å². The second-order valence-electron chi connectivity index (χ2n) is 5.97. The van der Waals surface area contributed by atoms with E-state index in [1.165, 1.54) is 0 Å². The molecule has 0 radical (unpaired) electrons. The van der Waals surface area contributed by atoms with Crippen LogP contribution < -0.4 is 11.5 Å². The summed E-state index contributed by atoms with van der Waals surface area (Å²) in [7, 11) is 0. The van der Waals surface area contributed by atoms with E-state index in [0.29, 0.717) is 19.8 Å². The van der Waals surface area contributed by atoms with Crippen molar-refractivity contribution in [1.29, 1.82) is 0 Å². The molecule has 0 bridgehead atoms. The molecule has 0 spiro atoms. The zero-order valence-corrected chi connectivity index (χ0v) is 10.7.